The molecule has 6 rings (SSSR count). The lowest BCUT2D eigenvalue weighted by Crippen LogP contribution is -2.37. The molecule has 3 fully saturated rings. The van der Waals surface area contributed by atoms with Gasteiger partial charge in [-0.2, -0.15) is 0 Å². The maximum Gasteiger partial charge on any atom is 0.330 e. The first-order valence-corrected chi connectivity index (χ1v) is 11.6. The number of carbonyl (C=O) groups is 1. The van der Waals surface area contributed by atoms with E-state index >= 15 is 0 Å². The smallest absolute Gasteiger partial charge is 0.330 e. The number of rotatable bonds is 4. The van der Waals surface area contributed by atoms with E-state index < -0.39 is 41.6 Å². The quantitative estimate of drug-likeness (QED) is 0.581. The predicted octanol–water partition coefficient (Wildman–Crippen LogP) is 2.47. The van der Waals surface area contributed by atoms with Gasteiger partial charge in [0.2, 0.25) is 11.8 Å². The molecule has 0 bridgehead atoms. The molecule has 0 unspecified atom stereocenters. The molecule has 4 heterocycles. The van der Waals surface area contributed by atoms with Crippen LogP contribution >= 0.6 is 0 Å². The zero-order valence-electron chi connectivity index (χ0n) is 18.9. The third-order valence-corrected chi connectivity index (χ3v) is 6.63. The summed E-state index contributed by atoms with van der Waals surface area (Å²) in [5.41, 5.74) is 0.870. The summed E-state index contributed by atoms with van der Waals surface area (Å²) in [6, 6.07) is 8.52. The van der Waals surface area contributed by atoms with Crippen LogP contribution in [-0.2, 0) is 19.0 Å². The molecule has 2 saturated heterocycles. The van der Waals surface area contributed by atoms with E-state index in [-0.39, 0.29) is 5.91 Å². The third-order valence-electron chi connectivity index (χ3n) is 6.63. The van der Waals surface area contributed by atoms with Gasteiger partial charge in [0.1, 0.15) is 24.2 Å². The maximum atomic E-state index is 12.5. The summed E-state index contributed by atoms with van der Waals surface area (Å²) >= 11 is 0. The number of hydrogen-bond donors (Lipinski definition) is 2. The maximum absolute atomic E-state index is 12.5. The van der Waals surface area contributed by atoms with Crippen LogP contribution in [0.4, 0.5) is 5.69 Å². The second kappa shape index (κ2) is 8.29. The number of ether oxygens (including phenoxy) is 3. The molecule has 1 aliphatic carbocycles. The lowest BCUT2D eigenvalue weighted by atomic mass is 10.1. The highest BCUT2D eigenvalue weighted by Crippen LogP contribution is 2.52. The lowest BCUT2D eigenvalue weighted by Gasteiger charge is -2.26. The van der Waals surface area contributed by atoms with Crippen molar-refractivity contribution < 1.29 is 23.4 Å². The molecule has 2 aromatic heterocycles. The average Bonchev–Trinajstić information content (AvgIpc) is 3.60. The molecule has 4 atom stereocenters. The van der Waals surface area contributed by atoms with Gasteiger partial charge in [-0.1, -0.05) is 12.1 Å². The fourth-order valence-corrected chi connectivity index (χ4v) is 5.13. The van der Waals surface area contributed by atoms with Gasteiger partial charge >= 0.3 is 5.69 Å². The minimum atomic E-state index is -0.826. The molecule has 11 heteroatoms. The first-order valence-electron chi connectivity index (χ1n) is 11.6. The molecule has 1 spiro atoms. The van der Waals surface area contributed by atoms with Gasteiger partial charge in [0.25, 0.3) is 5.56 Å². The highest BCUT2D eigenvalue weighted by molar-refractivity contribution is 5.89. The molecule has 182 valence electrons. The Kier molecular flexibility index (Phi) is 5.20. The number of fused-ring (bicyclic) bond motifs is 1. The fourth-order valence-electron chi connectivity index (χ4n) is 5.13. The molecule has 11 nitrogen and oxygen atoms in total. The number of nitrogens with one attached hydrogen (secondary N) is 2. The van der Waals surface area contributed by atoms with Gasteiger partial charge in [-0.05, 0) is 25.0 Å². The van der Waals surface area contributed by atoms with Gasteiger partial charge in [-0.3, -0.25) is 19.1 Å². The normalized spacial score (nSPS) is 26.8. The first-order chi connectivity index (χ1) is 16.9. The second-order valence-electron chi connectivity index (χ2n) is 9.08. The van der Waals surface area contributed by atoms with Crippen molar-refractivity contribution in [1.29, 1.82) is 0 Å². The number of aromatic amines is 1. The van der Waals surface area contributed by atoms with Gasteiger partial charge < -0.3 is 23.9 Å². The van der Waals surface area contributed by atoms with Crippen LogP contribution in [-0.4, -0.2) is 38.4 Å². The Morgan fingerprint density at radius 2 is 1.97 bits per heavy atom. The summed E-state index contributed by atoms with van der Waals surface area (Å²) in [5.74, 6) is -0.599. The van der Waals surface area contributed by atoms with Crippen molar-refractivity contribution >= 4 is 11.6 Å². The number of carbonyl (C=O) groups excluding carboxylic acids is 1. The minimum Gasteiger partial charge on any atom is -0.445 e. The second-order valence-corrected chi connectivity index (χ2v) is 9.08. The van der Waals surface area contributed by atoms with E-state index in [9.17, 15) is 14.4 Å². The van der Waals surface area contributed by atoms with Gasteiger partial charge in [0.15, 0.2) is 18.1 Å². The van der Waals surface area contributed by atoms with Crippen molar-refractivity contribution in [3.8, 4) is 11.3 Å². The molecule has 0 radical (unpaired) electrons. The highest BCUT2D eigenvalue weighted by atomic mass is 16.8. The van der Waals surface area contributed by atoms with E-state index in [1.807, 2.05) is 12.1 Å². The molecule has 3 aromatic rings. The van der Waals surface area contributed by atoms with Gasteiger partial charge in [-0.15, -0.1) is 0 Å². The SMILES string of the molecule is CC(=O)Nc1cccc(-c2coc([C@H]3O[C@@H](n4ccc(=O)[nH]c4=O)[C@@H]4OC5(CCCC5)O[C@@H]43)n2)c1. The number of amides is 1. The van der Waals surface area contributed by atoms with Gasteiger partial charge in [0, 0.05) is 43.3 Å². The Morgan fingerprint density at radius 1 is 1.17 bits per heavy atom. The van der Waals surface area contributed by atoms with E-state index in [0.29, 0.717) is 17.3 Å². The Morgan fingerprint density at radius 3 is 2.74 bits per heavy atom. The summed E-state index contributed by atoms with van der Waals surface area (Å²) in [6.07, 6.45) is 3.71. The zero-order valence-corrected chi connectivity index (χ0v) is 18.9. The van der Waals surface area contributed by atoms with Crippen LogP contribution in [0, 0.1) is 0 Å². The Hall–Kier alpha value is -3.54. The number of anilines is 1. The van der Waals surface area contributed by atoms with Gasteiger partial charge in [0.05, 0.1) is 0 Å². The zero-order chi connectivity index (χ0) is 24.2. The number of oxazole rings is 1. The van der Waals surface area contributed by atoms with E-state index in [4.69, 9.17) is 18.6 Å². The Bertz CT molecular complexity index is 1390. The van der Waals surface area contributed by atoms with Gasteiger partial charge in [-0.25, -0.2) is 9.78 Å². The molecule has 35 heavy (non-hydrogen) atoms. The van der Waals surface area contributed by atoms with Crippen LogP contribution in [0.1, 0.15) is 50.8 Å². The average molecular weight is 480 g/mol. The number of aromatic nitrogens is 3. The predicted molar refractivity (Wildman–Crippen MR) is 121 cm³/mol. The third kappa shape index (κ3) is 3.91. The number of hydrogen-bond acceptors (Lipinski definition) is 8. The van der Waals surface area contributed by atoms with Crippen LogP contribution in [0.5, 0.6) is 0 Å². The summed E-state index contributed by atoms with van der Waals surface area (Å²) in [5, 5.41) is 2.75. The topological polar surface area (TPSA) is 138 Å². The van der Waals surface area contributed by atoms with E-state index in [1.165, 1.54) is 30.0 Å². The summed E-state index contributed by atoms with van der Waals surface area (Å²) < 4.78 is 26.1. The van der Waals surface area contributed by atoms with Crippen LogP contribution in [0.15, 0.2) is 56.8 Å². The Balaban J connectivity index is 1.34. The molecule has 2 aliphatic heterocycles. The summed E-state index contributed by atoms with van der Waals surface area (Å²) in [6.45, 7) is 1.44. The van der Waals surface area contributed by atoms with Crippen LogP contribution in [0.3, 0.4) is 0 Å². The standard InChI is InChI=1S/C24H24N4O7/c1-13(29)25-15-6-4-5-14(11-15)16-12-32-21(26-16)19-18-20(35-24(34-18)8-2-3-9-24)22(33-19)28-10-7-17(30)27-23(28)31/h4-7,10-12,18-20,22H,2-3,8-9H2,1H3,(H,25,29)(H,27,30,31)/t18-,19+,20-,22-/m1/s1. The highest BCUT2D eigenvalue weighted by Gasteiger charge is 2.61. The number of nitrogens with zero attached hydrogens (tertiary/aromatic N) is 2. The van der Waals surface area contributed by atoms with Crippen molar-refractivity contribution in [3.05, 3.63) is 69.5 Å². The lowest BCUT2D eigenvalue weighted by molar-refractivity contribution is -0.216. The number of benzene rings is 1. The van der Waals surface area contributed by atoms with Crippen molar-refractivity contribution in [2.45, 2.75) is 62.9 Å². The molecular weight excluding hydrogens is 456 g/mol. The molecule has 1 aromatic carbocycles. The largest absolute Gasteiger partial charge is 0.445 e. The number of H-pyrrole nitrogens is 1. The first kappa shape index (κ1) is 22.0. The molecule has 1 saturated carbocycles. The minimum absolute atomic E-state index is 0.170. The van der Waals surface area contributed by atoms with Crippen molar-refractivity contribution in [2.24, 2.45) is 0 Å². The van der Waals surface area contributed by atoms with Crippen LogP contribution < -0.4 is 16.6 Å². The summed E-state index contributed by atoms with van der Waals surface area (Å²) in [4.78, 5) is 42.4. The molecule has 1 amide bonds. The van der Waals surface area contributed by atoms with Crippen molar-refractivity contribution in [3.63, 3.8) is 0 Å². The summed E-state index contributed by atoms with van der Waals surface area (Å²) in [7, 11) is 0. The molecular formula is C24H24N4O7. The van der Waals surface area contributed by atoms with Crippen LogP contribution in [0.25, 0.3) is 11.3 Å². The fraction of sp³-hybridized carbons (Fsp3) is 0.417. The van der Waals surface area contributed by atoms with Crippen molar-refractivity contribution in [2.75, 3.05) is 5.32 Å². The Labute approximate surface area is 199 Å². The van der Waals surface area contributed by atoms with E-state index in [2.05, 4.69) is 15.3 Å². The molecule has 2 N–H and O–H groups in total. The van der Waals surface area contributed by atoms with E-state index in [1.54, 1.807) is 12.1 Å². The monoisotopic (exact) mass is 480 g/mol. The molecule has 3 aliphatic rings. The van der Waals surface area contributed by atoms with E-state index in [0.717, 1.165) is 31.2 Å². The van der Waals surface area contributed by atoms with Crippen LogP contribution in [0.2, 0.25) is 0 Å². The van der Waals surface area contributed by atoms with Crippen molar-refractivity contribution in [1.82, 2.24) is 14.5 Å².